The number of nitrogen functional groups attached to an aromatic ring is 1. The molecule has 3 aromatic rings. The second-order valence-corrected chi connectivity index (χ2v) is 5.50. The first-order chi connectivity index (χ1) is 10.1. The van der Waals surface area contributed by atoms with Crippen LogP contribution in [0.1, 0.15) is 31.2 Å². The third kappa shape index (κ3) is 2.33. The summed E-state index contributed by atoms with van der Waals surface area (Å²) in [4.78, 5) is 13.4. The Hall–Kier alpha value is -2.49. The van der Waals surface area contributed by atoms with Gasteiger partial charge in [0, 0.05) is 34.8 Å². The Kier molecular flexibility index (Phi) is 3.29. The Morgan fingerprint density at radius 1 is 1.05 bits per heavy atom. The second kappa shape index (κ2) is 5.13. The minimum atomic E-state index is 0.231. The fourth-order valence-electron chi connectivity index (χ4n) is 2.38. The number of hydrogen-bond donors (Lipinski definition) is 1. The van der Waals surface area contributed by atoms with Crippen LogP contribution in [0.5, 0.6) is 0 Å². The predicted molar refractivity (Wildman–Crippen MR) is 86.0 cm³/mol. The molecule has 0 saturated heterocycles. The van der Waals surface area contributed by atoms with Crippen LogP contribution in [-0.2, 0) is 0 Å². The lowest BCUT2D eigenvalue weighted by atomic mass is 10.0. The number of aromatic nitrogens is 3. The number of fused-ring (bicyclic) bond motifs is 1. The lowest BCUT2D eigenvalue weighted by Crippen LogP contribution is -2.06. The molecule has 4 heteroatoms. The summed E-state index contributed by atoms with van der Waals surface area (Å²) in [6, 6.07) is 8.16. The molecule has 0 unspecified atom stereocenters. The van der Waals surface area contributed by atoms with Crippen LogP contribution in [-0.4, -0.2) is 15.0 Å². The summed E-state index contributed by atoms with van der Waals surface area (Å²) >= 11 is 0. The van der Waals surface area contributed by atoms with Crippen molar-refractivity contribution in [3.63, 3.8) is 0 Å². The molecular weight excluding hydrogens is 260 g/mol. The van der Waals surface area contributed by atoms with Gasteiger partial charge >= 0.3 is 0 Å². The van der Waals surface area contributed by atoms with Gasteiger partial charge in [0.15, 0.2) is 0 Å². The van der Waals surface area contributed by atoms with E-state index in [0.717, 1.165) is 33.4 Å². The number of rotatable bonds is 2. The van der Waals surface area contributed by atoms with Crippen molar-refractivity contribution < 1.29 is 0 Å². The highest BCUT2D eigenvalue weighted by atomic mass is 15.0. The summed E-state index contributed by atoms with van der Waals surface area (Å²) in [5.41, 5.74) is 8.84. The molecule has 1 aromatic carbocycles. The van der Waals surface area contributed by atoms with Crippen LogP contribution in [0.15, 0.2) is 36.7 Å². The lowest BCUT2D eigenvalue weighted by molar-refractivity contribution is 0.776. The number of nitrogens with two attached hydrogens (primary N) is 1. The Morgan fingerprint density at radius 2 is 1.81 bits per heavy atom. The molecule has 2 N–H and O–H groups in total. The van der Waals surface area contributed by atoms with Crippen molar-refractivity contribution in [2.45, 2.75) is 26.7 Å². The van der Waals surface area contributed by atoms with Gasteiger partial charge in [-0.15, -0.1) is 0 Å². The Labute approximate surface area is 124 Å². The van der Waals surface area contributed by atoms with E-state index in [9.17, 15) is 0 Å². The summed E-state index contributed by atoms with van der Waals surface area (Å²) in [6.45, 7) is 6.08. The molecule has 106 valence electrons. The van der Waals surface area contributed by atoms with Gasteiger partial charge in [-0.25, -0.2) is 9.97 Å². The van der Waals surface area contributed by atoms with Gasteiger partial charge in [-0.3, -0.25) is 4.98 Å². The van der Waals surface area contributed by atoms with Gasteiger partial charge in [-0.1, -0.05) is 38.1 Å². The van der Waals surface area contributed by atoms with Crippen LogP contribution >= 0.6 is 0 Å². The summed E-state index contributed by atoms with van der Waals surface area (Å²) in [6.07, 6.45) is 3.71. The smallest absolute Gasteiger partial charge is 0.133 e. The van der Waals surface area contributed by atoms with Crippen LogP contribution in [0.2, 0.25) is 0 Å². The first-order valence-corrected chi connectivity index (χ1v) is 7.05. The molecule has 0 fully saturated rings. The van der Waals surface area contributed by atoms with Gasteiger partial charge in [0.05, 0.1) is 5.69 Å². The lowest BCUT2D eigenvalue weighted by Gasteiger charge is -2.13. The van der Waals surface area contributed by atoms with Crippen LogP contribution in [0.25, 0.3) is 22.0 Å². The molecule has 0 atom stereocenters. The average molecular weight is 278 g/mol. The normalized spacial score (nSPS) is 11.2. The number of benzene rings is 1. The van der Waals surface area contributed by atoms with E-state index >= 15 is 0 Å². The minimum absolute atomic E-state index is 0.231. The summed E-state index contributed by atoms with van der Waals surface area (Å²) in [7, 11) is 0. The van der Waals surface area contributed by atoms with Crippen LogP contribution in [0.3, 0.4) is 0 Å². The van der Waals surface area contributed by atoms with Crippen molar-refractivity contribution in [1.29, 1.82) is 0 Å². The minimum Gasteiger partial charge on any atom is -0.383 e. The molecular formula is C17H18N4. The van der Waals surface area contributed by atoms with Gasteiger partial charge in [0.25, 0.3) is 0 Å². The van der Waals surface area contributed by atoms with Gasteiger partial charge < -0.3 is 5.73 Å². The third-order valence-corrected chi connectivity index (χ3v) is 3.64. The van der Waals surface area contributed by atoms with E-state index in [2.05, 4.69) is 35.9 Å². The van der Waals surface area contributed by atoms with E-state index < -0.39 is 0 Å². The molecule has 21 heavy (non-hydrogen) atoms. The van der Waals surface area contributed by atoms with Crippen molar-refractivity contribution in [3.8, 4) is 11.3 Å². The average Bonchev–Trinajstić information content (AvgIpc) is 2.49. The fraction of sp³-hybridized carbons (Fsp3) is 0.235. The highest BCUT2D eigenvalue weighted by molar-refractivity contribution is 5.95. The molecule has 0 bridgehead atoms. The van der Waals surface area contributed by atoms with Crippen molar-refractivity contribution >= 4 is 16.6 Å². The Balaban J connectivity index is 2.32. The molecule has 0 amide bonds. The second-order valence-electron chi connectivity index (χ2n) is 5.50. The van der Waals surface area contributed by atoms with Gasteiger partial charge in [0.2, 0.25) is 0 Å². The molecule has 0 saturated carbocycles. The molecule has 2 heterocycles. The fourth-order valence-corrected chi connectivity index (χ4v) is 2.38. The number of anilines is 1. The molecule has 3 rings (SSSR count). The first kappa shape index (κ1) is 13.5. The van der Waals surface area contributed by atoms with Crippen molar-refractivity contribution in [2.75, 3.05) is 5.73 Å². The topological polar surface area (TPSA) is 64.7 Å². The molecule has 0 radical (unpaired) electrons. The van der Waals surface area contributed by atoms with Gasteiger partial charge in [-0.2, -0.15) is 0 Å². The maximum absolute atomic E-state index is 6.07. The van der Waals surface area contributed by atoms with E-state index in [1.54, 1.807) is 0 Å². The zero-order chi connectivity index (χ0) is 15.0. The summed E-state index contributed by atoms with van der Waals surface area (Å²) in [5, 5.41) is 2.22. The van der Waals surface area contributed by atoms with Crippen LogP contribution < -0.4 is 5.73 Å². The molecule has 0 aliphatic carbocycles. The maximum Gasteiger partial charge on any atom is 0.133 e. The number of pyridine rings is 1. The van der Waals surface area contributed by atoms with Crippen molar-refractivity contribution in [2.24, 2.45) is 0 Å². The summed E-state index contributed by atoms with van der Waals surface area (Å²) < 4.78 is 0. The largest absolute Gasteiger partial charge is 0.383 e. The molecule has 0 spiro atoms. The van der Waals surface area contributed by atoms with E-state index in [-0.39, 0.29) is 5.92 Å². The number of hydrogen-bond acceptors (Lipinski definition) is 4. The first-order valence-electron chi connectivity index (χ1n) is 7.05. The molecule has 4 nitrogen and oxygen atoms in total. The zero-order valence-corrected chi connectivity index (χ0v) is 12.5. The van der Waals surface area contributed by atoms with Crippen molar-refractivity contribution in [1.82, 2.24) is 15.0 Å². The molecule has 0 aliphatic rings. The van der Waals surface area contributed by atoms with E-state index in [0.29, 0.717) is 5.82 Å². The Bertz CT molecular complexity index is 804. The monoisotopic (exact) mass is 278 g/mol. The SMILES string of the molecule is Cc1c(N)nc(C(C)C)nc1-c1cncc2ccccc12. The van der Waals surface area contributed by atoms with E-state index in [1.165, 1.54) is 0 Å². The Morgan fingerprint density at radius 3 is 2.57 bits per heavy atom. The molecule has 0 aliphatic heterocycles. The zero-order valence-electron chi connectivity index (χ0n) is 12.5. The highest BCUT2D eigenvalue weighted by Gasteiger charge is 2.15. The van der Waals surface area contributed by atoms with Crippen molar-refractivity contribution in [3.05, 3.63) is 48.0 Å². The predicted octanol–water partition coefficient (Wildman–Crippen LogP) is 3.71. The third-order valence-electron chi connectivity index (χ3n) is 3.64. The van der Waals surface area contributed by atoms with E-state index in [1.807, 2.05) is 31.5 Å². The van der Waals surface area contributed by atoms with Crippen LogP contribution in [0.4, 0.5) is 5.82 Å². The summed E-state index contributed by atoms with van der Waals surface area (Å²) in [5.74, 6) is 1.53. The quantitative estimate of drug-likeness (QED) is 0.776. The number of nitrogens with zero attached hydrogens (tertiary/aromatic N) is 3. The molecule has 2 aromatic heterocycles. The maximum atomic E-state index is 6.07. The highest BCUT2D eigenvalue weighted by Crippen LogP contribution is 2.31. The van der Waals surface area contributed by atoms with Gasteiger partial charge in [-0.05, 0) is 12.3 Å². The van der Waals surface area contributed by atoms with Gasteiger partial charge in [0.1, 0.15) is 11.6 Å². The van der Waals surface area contributed by atoms with Crippen LogP contribution in [0, 0.1) is 6.92 Å². The van der Waals surface area contributed by atoms with E-state index in [4.69, 9.17) is 10.7 Å². The standard InChI is InChI=1S/C17H18N4/c1-10(2)17-20-15(11(3)16(18)21-17)14-9-19-8-12-6-4-5-7-13(12)14/h4-10H,1-3H3,(H2,18,20,21).